The predicted octanol–water partition coefficient (Wildman–Crippen LogP) is 6.24. The molecule has 1 aliphatic rings. The third-order valence-electron chi connectivity index (χ3n) is 7.08. The lowest BCUT2D eigenvalue weighted by atomic mass is 9.81. The van der Waals surface area contributed by atoms with Gasteiger partial charge in [-0.05, 0) is 67.2 Å². The molecular weight excluding hydrogens is 512 g/mol. The van der Waals surface area contributed by atoms with E-state index in [4.69, 9.17) is 9.15 Å². The van der Waals surface area contributed by atoms with E-state index < -0.39 is 11.2 Å². The van der Waals surface area contributed by atoms with E-state index in [0.29, 0.717) is 23.8 Å². The first-order chi connectivity index (χ1) is 18.9. The second-order valence-corrected chi connectivity index (χ2v) is 11.4. The average molecular weight is 551 g/mol. The fraction of sp³-hybridized carbons (Fsp3) is 0.419. The Morgan fingerprint density at radius 2 is 1.79 bits per heavy atom. The molecule has 0 spiro atoms. The zero-order valence-corrected chi connectivity index (χ0v) is 23.6. The van der Waals surface area contributed by atoms with Crippen molar-refractivity contribution in [3.63, 3.8) is 0 Å². The van der Waals surface area contributed by atoms with Gasteiger partial charge in [0.05, 0.1) is 25.3 Å². The Morgan fingerprint density at radius 3 is 2.46 bits per heavy atom. The summed E-state index contributed by atoms with van der Waals surface area (Å²) in [6.07, 6.45) is 7.68. The molecule has 0 saturated heterocycles. The number of hydrogen-bond donors (Lipinski definition) is 2. The number of ether oxygens (including phenoxy) is 1. The monoisotopic (exact) mass is 550 g/mol. The van der Waals surface area contributed by atoms with E-state index in [1.807, 2.05) is 42.5 Å². The first-order valence-corrected chi connectivity index (χ1v) is 15.5. The number of anilines is 1. The zero-order chi connectivity index (χ0) is 27.6. The Labute approximate surface area is 233 Å². The summed E-state index contributed by atoms with van der Waals surface area (Å²) >= 11 is -1.05. The fourth-order valence-corrected chi connectivity index (χ4v) is 5.77. The van der Waals surface area contributed by atoms with Gasteiger partial charge in [-0.2, -0.15) is 0 Å². The van der Waals surface area contributed by atoms with Crippen molar-refractivity contribution in [3.8, 4) is 11.3 Å². The number of furan rings is 1. The van der Waals surface area contributed by atoms with Crippen molar-refractivity contribution >= 4 is 28.7 Å². The summed E-state index contributed by atoms with van der Waals surface area (Å²) in [5.74, 6) is 1.75. The van der Waals surface area contributed by atoms with Crippen LogP contribution in [0.25, 0.3) is 11.3 Å². The van der Waals surface area contributed by atoms with Crippen LogP contribution in [-0.4, -0.2) is 35.8 Å². The fourth-order valence-electron chi connectivity index (χ4n) is 5.18. The third-order valence-corrected chi connectivity index (χ3v) is 7.75. The SMILES string of the molecule is CCOC(=O)CCNC(=O)c1ccc(NC(c2cc(-c3ccccc3)oc2C[S+](C)[O-])C2CCCCC2)cc1. The van der Waals surface area contributed by atoms with Gasteiger partial charge in [0.25, 0.3) is 5.91 Å². The van der Waals surface area contributed by atoms with Crippen molar-refractivity contribution in [1.82, 2.24) is 5.32 Å². The number of rotatable bonds is 12. The molecule has 1 fully saturated rings. The number of esters is 1. The Kier molecular flexibility index (Phi) is 10.5. The highest BCUT2D eigenvalue weighted by molar-refractivity contribution is 7.89. The predicted molar refractivity (Wildman–Crippen MR) is 155 cm³/mol. The van der Waals surface area contributed by atoms with Crippen LogP contribution < -0.4 is 10.6 Å². The van der Waals surface area contributed by atoms with Gasteiger partial charge in [-0.3, -0.25) is 9.59 Å². The number of amides is 1. The van der Waals surface area contributed by atoms with Gasteiger partial charge in [0.1, 0.15) is 5.76 Å². The molecule has 0 bridgehead atoms. The molecule has 1 heterocycles. The summed E-state index contributed by atoms with van der Waals surface area (Å²) in [7, 11) is 0. The number of benzene rings is 2. The molecule has 1 amide bonds. The highest BCUT2D eigenvalue weighted by Crippen LogP contribution is 2.41. The topological polar surface area (TPSA) is 104 Å². The lowest BCUT2D eigenvalue weighted by Crippen LogP contribution is -2.26. The molecule has 4 rings (SSSR count). The highest BCUT2D eigenvalue weighted by Gasteiger charge is 2.30. The zero-order valence-electron chi connectivity index (χ0n) is 22.7. The van der Waals surface area contributed by atoms with E-state index in [9.17, 15) is 14.1 Å². The van der Waals surface area contributed by atoms with E-state index in [2.05, 4.69) is 16.7 Å². The van der Waals surface area contributed by atoms with E-state index in [0.717, 1.165) is 41.2 Å². The molecule has 7 nitrogen and oxygen atoms in total. The summed E-state index contributed by atoms with van der Waals surface area (Å²) in [6, 6.07) is 19.5. The largest absolute Gasteiger partial charge is 0.616 e. The number of hydrogen-bond acceptors (Lipinski definition) is 6. The number of carbonyl (C=O) groups excluding carboxylic acids is 2. The standard InChI is InChI=1S/C31H38N2O5S/c1-3-37-29(34)18-19-32-31(35)24-14-16-25(17-15-24)33-30(23-12-8-5-9-13-23)26-20-27(22-10-6-4-7-11-22)38-28(26)21-39(2)36/h4,6-7,10-11,14-17,20,23,30,33H,3,5,8-9,12-13,18-19,21H2,1-2H3,(H,32,35). The summed E-state index contributed by atoms with van der Waals surface area (Å²) in [4.78, 5) is 24.1. The minimum atomic E-state index is -1.05. The summed E-state index contributed by atoms with van der Waals surface area (Å²) in [5.41, 5.74) is 3.47. The van der Waals surface area contributed by atoms with Gasteiger partial charge in [-0.25, -0.2) is 0 Å². The first-order valence-electron chi connectivity index (χ1n) is 13.7. The van der Waals surface area contributed by atoms with Crippen molar-refractivity contribution in [2.24, 2.45) is 5.92 Å². The average Bonchev–Trinajstić information content (AvgIpc) is 3.36. The highest BCUT2D eigenvalue weighted by atomic mass is 32.2. The van der Waals surface area contributed by atoms with E-state index in [-0.39, 0.29) is 30.9 Å². The van der Waals surface area contributed by atoms with Crippen LogP contribution in [0.2, 0.25) is 0 Å². The molecule has 1 aliphatic carbocycles. The van der Waals surface area contributed by atoms with Gasteiger partial charge in [0.2, 0.25) is 0 Å². The van der Waals surface area contributed by atoms with Crippen molar-refractivity contribution in [1.29, 1.82) is 0 Å². The third kappa shape index (κ3) is 8.13. The van der Waals surface area contributed by atoms with Crippen LogP contribution in [0.3, 0.4) is 0 Å². The molecule has 208 valence electrons. The molecule has 3 aromatic rings. The Hall–Kier alpha value is -3.23. The number of nitrogens with one attached hydrogen (secondary N) is 2. The molecule has 2 aromatic carbocycles. The molecule has 1 aromatic heterocycles. The Bertz CT molecular complexity index is 1200. The summed E-state index contributed by atoms with van der Waals surface area (Å²) in [6.45, 7) is 2.31. The lowest BCUT2D eigenvalue weighted by Gasteiger charge is -2.32. The van der Waals surface area contributed by atoms with Gasteiger partial charge in [0.15, 0.2) is 11.5 Å². The molecule has 2 atom stereocenters. The second kappa shape index (κ2) is 14.2. The number of carbonyl (C=O) groups is 2. The summed E-state index contributed by atoms with van der Waals surface area (Å²) < 4.78 is 23.5. The van der Waals surface area contributed by atoms with Crippen LogP contribution >= 0.6 is 0 Å². The van der Waals surface area contributed by atoms with Crippen molar-refractivity contribution in [2.45, 2.75) is 57.2 Å². The van der Waals surface area contributed by atoms with Gasteiger partial charge in [-0.15, -0.1) is 0 Å². The first kappa shape index (κ1) is 28.8. The van der Waals surface area contributed by atoms with Crippen molar-refractivity contribution < 1.29 is 23.3 Å². The molecule has 8 heteroatoms. The lowest BCUT2D eigenvalue weighted by molar-refractivity contribution is -0.142. The van der Waals surface area contributed by atoms with E-state index in [1.165, 1.54) is 19.3 Å². The smallest absolute Gasteiger partial charge is 0.307 e. The molecule has 39 heavy (non-hydrogen) atoms. The van der Waals surface area contributed by atoms with Crippen LogP contribution in [0.15, 0.2) is 65.1 Å². The minimum absolute atomic E-state index is 0.00526. The van der Waals surface area contributed by atoms with Crippen LogP contribution in [0.1, 0.15) is 73.2 Å². The maximum absolute atomic E-state index is 12.5. The van der Waals surface area contributed by atoms with Gasteiger partial charge < -0.3 is 24.3 Å². The second-order valence-electron chi connectivity index (χ2n) is 9.98. The minimum Gasteiger partial charge on any atom is -0.616 e. The van der Waals surface area contributed by atoms with Crippen molar-refractivity contribution in [3.05, 3.63) is 77.6 Å². The van der Waals surface area contributed by atoms with Gasteiger partial charge in [-0.1, -0.05) is 49.6 Å². The molecule has 0 radical (unpaired) electrons. The maximum atomic E-state index is 12.5. The molecule has 0 aliphatic heterocycles. The molecule has 2 N–H and O–H groups in total. The van der Waals surface area contributed by atoms with Crippen LogP contribution in [0, 0.1) is 5.92 Å². The van der Waals surface area contributed by atoms with Crippen LogP contribution in [0.4, 0.5) is 5.69 Å². The van der Waals surface area contributed by atoms with E-state index in [1.54, 1.807) is 25.3 Å². The van der Waals surface area contributed by atoms with Crippen LogP contribution in [-0.2, 0) is 26.5 Å². The maximum Gasteiger partial charge on any atom is 0.307 e. The van der Waals surface area contributed by atoms with Crippen molar-refractivity contribution in [2.75, 3.05) is 24.7 Å². The molecular formula is C31H38N2O5S. The normalized spacial score (nSPS) is 15.4. The molecule has 1 saturated carbocycles. The van der Waals surface area contributed by atoms with Crippen LogP contribution in [0.5, 0.6) is 0 Å². The Morgan fingerprint density at radius 1 is 1.08 bits per heavy atom. The van der Waals surface area contributed by atoms with Gasteiger partial charge in [0, 0.05) is 28.9 Å². The summed E-state index contributed by atoms with van der Waals surface area (Å²) in [5, 5.41) is 6.50. The Balaban J connectivity index is 1.54. The van der Waals surface area contributed by atoms with Gasteiger partial charge >= 0.3 is 5.97 Å². The molecule has 2 unspecified atom stereocenters. The van der Waals surface area contributed by atoms with E-state index >= 15 is 0 Å². The quantitative estimate of drug-likeness (QED) is 0.204.